The maximum atomic E-state index is 6.75. The Labute approximate surface area is 490 Å². The van der Waals surface area contributed by atoms with E-state index in [1.807, 2.05) is 12.1 Å². The molecule has 2 heterocycles. The van der Waals surface area contributed by atoms with Gasteiger partial charge in [0.05, 0.1) is 16.8 Å². The number of furan rings is 2. The highest BCUT2D eigenvalue weighted by Gasteiger charge is 2.52. The fourth-order valence-corrected chi connectivity index (χ4v) is 14.6. The van der Waals surface area contributed by atoms with E-state index in [0.717, 1.165) is 94.7 Å². The van der Waals surface area contributed by atoms with Gasteiger partial charge in [0.15, 0.2) is 11.2 Å². The van der Waals surface area contributed by atoms with E-state index in [-0.39, 0.29) is 0 Å². The summed E-state index contributed by atoms with van der Waals surface area (Å²) in [5.41, 5.74) is 24.0. The van der Waals surface area contributed by atoms with Crippen molar-refractivity contribution < 1.29 is 8.83 Å². The van der Waals surface area contributed by atoms with Crippen molar-refractivity contribution in [2.24, 2.45) is 0 Å². The van der Waals surface area contributed by atoms with Crippen molar-refractivity contribution >= 4 is 99.5 Å². The number of hydrogen-bond acceptors (Lipinski definition) is 4. The van der Waals surface area contributed by atoms with Gasteiger partial charge in [-0.3, -0.25) is 0 Å². The molecule has 1 spiro atoms. The van der Waals surface area contributed by atoms with E-state index >= 15 is 0 Å². The molecule has 0 atom stereocenters. The van der Waals surface area contributed by atoms with E-state index in [4.69, 9.17) is 8.83 Å². The van der Waals surface area contributed by atoms with Gasteiger partial charge in [-0.05, 0) is 185 Å². The molecule has 0 radical (unpaired) electrons. The third-order valence-electron chi connectivity index (χ3n) is 18.2. The van der Waals surface area contributed by atoms with Crippen molar-refractivity contribution in [3.63, 3.8) is 0 Å². The molecule has 14 aromatic carbocycles. The molecule has 18 rings (SSSR count). The Hall–Kier alpha value is -11.2. The van der Waals surface area contributed by atoms with Crippen LogP contribution in [-0.2, 0) is 5.41 Å². The van der Waals surface area contributed by atoms with Crippen LogP contribution in [0.25, 0.3) is 110 Å². The lowest BCUT2D eigenvalue weighted by atomic mass is 9.69. The highest BCUT2D eigenvalue weighted by molar-refractivity contribution is 6.15. The van der Waals surface area contributed by atoms with Crippen LogP contribution in [0, 0.1) is 0 Å². The monoisotopic (exact) mass is 1080 g/mol. The number of para-hydroxylation sites is 6. The van der Waals surface area contributed by atoms with Gasteiger partial charge in [0.25, 0.3) is 0 Å². The fraction of sp³-hybridized carbons (Fsp3) is 0.0123. The third-order valence-corrected chi connectivity index (χ3v) is 18.2. The van der Waals surface area contributed by atoms with Crippen molar-refractivity contribution in [3.8, 4) is 44.5 Å². The largest absolute Gasteiger partial charge is 0.454 e. The lowest BCUT2D eigenvalue weighted by molar-refractivity contribution is 0.668. The standard InChI is InChI=1S/C81H50N2O2/c1-3-23-56(24-4-1)82(74-39-19-35-66-63-32-11-15-41-76(63)84-79(66)74)58-27-17-21-51(46-58)52-43-44-53-48-69-72(49-55(53)45-52)81(70-37-13-9-30-61(70)62-31-10-14-38-71(62)81)73-50-68(60-29-7-8-34-65(60)78(69)73)54-22-18-28-59(47-54)83(57-25-5-2-6-26-57)75-40-20-36-67-64-33-12-16-42-77(64)85-80(67)75/h1-50H. The average molecular weight is 1080 g/mol. The summed E-state index contributed by atoms with van der Waals surface area (Å²) in [7, 11) is 0. The summed E-state index contributed by atoms with van der Waals surface area (Å²) in [5, 5.41) is 9.24. The van der Waals surface area contributed by atoms with Gasteiger partial charge in [0, 0.05) is 44.3 Å². The van der Waals surface area contributed by atoms with Crippen molar-refractivity contribution in [1.29, 1.82) is 0 Å². The number of rotatable bonds is 8. The zero-order valence-corrected chi connectivity index (χ0v) is 46.1. The van der Waals surface area contributed by atoms with Gasteiger partial charge in [-0.2, -0.15) is 0 Å². The molecule has 0 amide bonds. The molecule has 16 aromatic rings. The Balaban J connectivity index is 0.824. The Bertz CT molecular complexity index is 5360. The number of nitrogens with zero attached hydrogens (tertiary/aromatic N) is 2. The number of fused-ring (bicyclic) bond motifs is 19. The van der Waals surface area contributed by atoms with Crippen LogP contribution in [-0.4, -0.2) is 0 Å². The Morgan fingerprint density at radius 2 is 0.718 bits per heavy atom. The SMILES string of the molecule is c1ccc(N(c2cccc(-c3ccc4cc5c(cc4c3)C3(c4ccccc4-c4ccccc43)c3cc(-c4cccc(N(c6ccccc6)c6cccc7c6oc6ccccc67)c4)c4ccccc4c3-5)c2)c2cccc3c2oc2ccccc23)cc1. The minimum atomic E-state index is -0.612. The van der Waals surface area contributed by atoms with Crippen LogP contribution in [0.5, 0.6) is 0 Å². The lowest BCUT2D eigenvalue weighted by Gasteiger charge is -2.31. The van der Waals surface area contributed by atoms with E-state index in [1.54, 1.807) is 0 Å². The number of benzene rings is 14. The van der Waals surface area contributed by atoms with Crippen molar-refractivity contribution in [1.82, 2.24) is 0 Å². The highest BCUT2D eigenvalue weighted by atomic mass is 16.3. The van der Waals surface area contributed by atoms with Crippen molar-refractivity contribution in [2.75, 3.05) is 9.80 Å². The first-order valence-electron chi connectivity index (χ1n) is 29.2. The van der Waals surface area contributed by atoms with Crippen LogP contribution in [0.15, 0.2) is 312 Å². The molecule has 85 heavy (non-hydrogen) atoms. The minimum Gasteiger partial charge on any atom is -0.454 e. The normalized spacial score (nSPS) is 12.8. The zero-order valence-electron chi connectivity index (χ0n) is 46.1. The summed E-state index contributed by atoms with van der Waals surface area (Å²) >= 11 is 0. The molecule has 2 aliphatic rings. The van der Waals surface area contributed by atoms with E-state index in [9.17, 15) is 0 Å². The quantitative estimate of drug-likeness (QED) is 0.152. The average Bonchev–Trinajstić information content (AvgIpc) is 1.52. The molecule has 0 fully saturated rings. The topological polar surface area (TPSA) is 32.8 Å². The first-order valence-corrected chi connectivity index (χ1v) is 29.2. The summed E-state index contributed by atoms with van der Waals surface area (Å²) in [4.78, 5) is 4.68. The molecule has 4 heteroatoms. The molecule has 396 valence electrons. The van der Waals surface area contributed by atoms with Crippen LogP contribution in [0.1, 0.15) is 22.3 Å². The second-order valence-electron chi connectivity index (χ2n) is 22.6. The second-order valence-corrected chi connectivity index (χ2v) is 22.6. The van der Waals surface area contributed by atoms with Crippen LogP contribution >= 0.6 is 0 Å². The van der Waals surface area contributed by atoms with E-state index in [1.165, 1.54) is 71.6 Å². The van der Waals surface area contributed by atoms with Crippen LogP contribution in [0.3, 0.4) is 0 Å². The Morgan fingerprint density at radius 1 is 0.247 bits per heavy atom. The third kappa shape index (κ3) is 6.97. The van der Waals surface area contributed by atoms with Crippen molar-refractivity contribution in [2.45, 2.75) is 5.41 Å². The first-order chi connectivity index (χ1) is 42.2. The van der Waals surface area contributed by atoms with Gasteiger partial charge in [-0.1, -0.05) is 206 Å². The fourth-order valence-electron chi connectivity index (χ4n) is 14.6. The lowest BCUT2D eigenvalue weighted by Crippen LogP contribution is -2.26. The summed E-state index contributed by atoms with van der Waals surface area (Å²) < 4.78 is 13.4. The molecule has 0 unspecified atom stereocenters. The summed E-state index contributed by atoms with van der Waals surface area (Å²) in [6.45, 7) is 0. The van der Waals surface area contributed by atoms with Gasteiger partial charge in [-0.25, -0.2) is 0 Å². The molecule has 0 bridgehead atoms. The van der Waals surface area contributed by atoms with E-state index < -0.39 is 5.41 Å². The summed E-state index contributed by atoms with van der Waals surface area (Å²) in [6.07, 6.45) is 0. The maximum absolute atomic E-state index is 6.75. The minimum absolute atomic E-state index is 0.612. The Kier molecular flexibility index (Phi) is 10.3. The molecule has 0 N–H and O–H groups in total. The van der Waals surface area contributed by atoms with Crippen LogP contribution < -0.4 is 9.80 Å². The molecular weight excluding hydrogens is 1030 g/mol. The van der Waals surface area contributed by atoms with Crippen molar-refractivity contribution in [3.05, 3.63) is 326 Å². The van der Waals surface area contributed by atoms with Gasteiger partial charge in [0.1, 0.15) is 11.2 Å². The summed E-state index contributed by atoms with van der Waals surface area (Å²) in [5.74, 6) is 0. The molecule has 0 saturated heterocycles. The number of anilines is 6. The maximum Gasteiger partial charge on any atom is 0.159 e. The van der Waals surface area contributed by atoms with E-state index in [0.29, 0.717) is 0 Å². The molecule has 2 aromatic heterocycles. The zero-order chi connectivity index (χ0) is 55.7. The Morgan fingerprint density at radius 3 is 1.33 bits per heavy atom. The van der Waals surface area contributed by atoms with Crippen LogP contribution in [0.4, 0.5) is 34.1 Å². The predicted octanol–water partition coefficient (Wildman–Crippen LogP) is 22.4. The van der Waals surface area contributed by atoms with Gasteiger partial charge >= 0.3 is 0 Å². The highest BCUT2D eigenvalue weighted by Crippen LogP contribution is 2.65. The van der Waals surface area contributed by atoms with E-state index in [2.05, 4.69) is 301 Å². The van der Waals surface area contributed by atoms with Gasteiger partial charge in [-0.15, -0.1) is 0 Å². The first kappa shape index (κ1) is 47.4. The van der Waals surface area contributed by atoms with Crippen LogP contribution in [0.2, 0.25) is 0 Å². The second kappa shape index (κ2) is 18.4. The van der Waals surface area contributed by atoms with Gasteiger partial charge in [0.2, 0.25) is 0 Å². The molecule has 0 aliphatic heterocycles. The molecular formula is C81H50N2O2. The smallest absolute Gasteiger partial charge is 0.159 e. The van der Waals surface area contributed by atoms with Gasteiger partial charge < -0.3 is 18.6 Å². The molecule has 4 nitrogen and oxygen atoms in total. The number of hydrogen-bond donors (Lipinski definition) is 0. The summed E-state index contributed by atoms with van der Waals surface area (Å²) in [6, 6.07) is 111. The molecule has 2 aliphatic carbocycles. The predicted molar refractivity (Wildman–Crippen MR) is 353 cm³/mol. The molecule has 0 saturated carbocycles.